The fourth-order valence-electron chi connectivity index (χ4n) is 3.98. The highest BCUT2D eigenvalue weighted by Gasteiger charge is 2.22. The van der Waals surface area contributed by atoms with Gasteiger partial charge in [-0.05, 0) is 60.7 Å². The summed E-state index contributed by atoms with van der Waals surface area (Å²) in [4.78, 5) is 24.0. The van der Waals surface area contributed by atoms with Gasteiger partial charge in [-0.3, -0.25) is 4.79 Å². The summed E-state index contributed by atoms with van der Waals surface area (Å²) in [6.45, 7) is 1.13. The summed E-state index contributed by atoms with van der Waals surface area (Å²) >= 11 is 0. The predicted octanol–water partition coefficient (Wildman–Crippen LogP) is 4.33. The zero-order chi connectivity index (χ0) is 25.1. The van der Waals surface area contributed by atoms with E-state index >= 15 is 0 Å². The van der Waals surface area contributed by atoms with Gasteiger partial charge in [-0.15, -0.1) is 0 Å². The van der Waals surface area contributed by atoms with E-state index in [1.165, 1.54) is 12.1 Å². The van der Waals surface area contributed by atoms with Crippen molar-refractivity contribution in [2.75, 3.05) is 24.7 Å². The summed E-state index contributed by atoms with van der Waals surface area (Å²) in [5.74, 6) is 1.02. The van der Waals surface area contributed by atoms with Crippen LogP contribution in [0.15, 0.2) is 90.0 Å². The molecule has 0 radical (unpaired) electrons. The summed E-state index contributed by atoms with van der Waals surface area (Å²) in [5.41, 5.74) is 3.80. The number of amides is 1. The molecule has 9 heteroatoms. The smallest absolute Gasteiger partial charge is 0.254 e. The number of nitrogens with zero attached hydrogens (tertiary/aromatic N) is 3. The number of rotatable bonds is 5. The molecule has 4 aromatic rings. The molecule has 8 nitrogen and oxygen atoms in total. The van der Waals surface area contributed by atoms with E-state index in [9.17, 15) is 13.2 Å². The number of nitrogens with one attached hydrogen (secondary N) is 1. The SMILES string of the molecule is CS(=O)(=O)c1ccc(C(=O)N2CCOc3ccc(-c4ccnc(Nc5ccccc5)n4)cc3C2)cc1. The van der Waals surface area contributed by atoms with Crippen LogP contribution in [0.25, 0.3) is 11.3 Å². The molecular weight excluding hydrogens is 476 g/mol. The largest absolute Gasteiger partial charge is 0.491 e. The molecule has 1 N–H and O–H groups in total. The molecule has 182 valence electrons. The maximum Gasteiger partial charge on any atom is 0.254 e. The maximum absolute atomic E-state index is 13.2. The Morgan fingerprint density at radius 1 is 1.00 bits per heavy atom. The topological polar surface area (TPSA) is 101 Å². The highest BCUT2D eigenvalue weighted by Crippen LogP contribution is 2.29. The van der Waals surface area contributed by atoms with Gasteiger partial charge in [-0.25, -0.2) is 18.4 Å². The van der Waals surface area contributed by atoms with Crippen LogP contribution in [0, 0.1) is 0 Å². The summed E-state index contributed by atoms with van der Waals surface area (Å²) in [6.07, 6.45) is 2.84. The Kier molecular flexibility index (Phi) is 6.39. The standard InChI is InChI=1S/C27H24N4O4S/c1-36(33,34)23-10-7-19(8-11-23)26(32)31-15-16-35-25-12-9-20(17-21(25)18-31)24-13-14-28-27(30-24)29-22-5-3-2-4-6-22/h2-14,17H,15-16,18H2,1H3,(H,28,29,30). The van der Waals surface area contributed by atoms with E-state index in [1.807, 2.05) is 54.6 Å². The Morgan fingerprint density at radius 2 is 1.78 bits per heavy atom. The first-order valence-electron chi connectivity index (χ1n) is 11.4. The summed E-state index contributed by atoms with van der Waals surface area (Å²) in [5, 5.41) is 3.20. The Labute approximate surface area is 209 Å². The Bertz CT molecular complexity index is 1510. The van der Waals surface area contributed by atoms with E-state index in [4.69, 9.17) is 4.74 Å². The average molecular weight is 501 g/mol. The summed E-state index contributed by atoms with van der Waals surface area (Å²) in [7, 11) is -3.33. The van der Waals surface area contributed by atoms with Gasteiger partial charge in [-0.1, -0.05) is 18.2 Å². The third kappa shape index (κ3) is 5.21. The van der Waals surface area contributed by atoms with Gasteiger partial charge < -0.3 is 15.0 Å². The van der Waals surface area contributed by atoms with E-state index in [-0.39, 0.29) is 10.8 Å². The van der Waals surface area contributed by atoms with Crippen LogP contribution in [0.1, 0.15) is 15.9 Å². The molecule has 1 aliphatic heterocycles. The monoisotopic (exact) mass is 500 g/mol. The van der Waals surface area contributed by atoms with E-state index in [2.05, 4.69) is 15.3 Å². The van der Waals surface area contributed by atoms with Crippen LogP contribution in [-0.4, -0.2) is 48.6 Å². The number of anilines is 2. The molecule has 0 saturated carbocycles. The normalized spacial score (nSPS) is 13.3. The van der Waals surface area contributed by atoms with Gasteiger partial charge in [0.1, 0.15) is 12.4 Å². The molecule has 5 rings (SSSR count). The van der Waals surface area contributed by atoms with Gasteiger partial charge in [0, 0.05) is 41.4 Å². The quantitative estimate of drug-likeness (QED) is 0.435. The number of carbonyl (C=O) groups is 1. The van der Waals surface area contributed by atoms with Gasteiger partial charge in [0.25, 0.3) is 5.91 Å². The van der Waals surface area contributed by atoms with Crippen LogP contribution in [0.5, 0.6) is 5.75 Å². The zero-order valence-corrected chi connectivity index (χ0v) is 20.4. The molecule has 0 fully saturated rings. The highest BCUT2D eigenvalue weighted by atomic mass is 32.2. The molecule has 1 aromatic heterocycles. The molecule has 0 unspecified atom stereocenters. The minimum atomic E-state index is -3.33. The van der Waals surface area contributed by atoms with Gasteiger partial charge >= 0.3 is 0 Å². The van der Waals surface area contributed by atoms with Crippen LogP contribution in [0.4, 0.5) is 11.6 Å². The van der Waals surface area contributed by atoms with Crippen molar-refractivity contribution in [2.24, 2.45) is 0 Å². The van der Waals surface area contributed by atoms with E-state index in [0.29, 0.717) is 31.2 Å². The number of hydrogen-bond donors (Lipinski definition) is 1. The van der Waals surface area contributed by atoms with E-state index in [0.717, 1.165) is 34.5 Å². The predicted molar refractivity (Wildman–Crippen MR) is 137 cm³/mol. The second-order valence-electron chi connectivity index (χ2n) is 8.45. The first-order valence-corrected chi connectivity index (χ1v) is 13.3. The molecular formula is C27H24N4O4S. The lowest BCUT2D eigenvalue weighted by atomic mass is 10.1. The number of hydrogen-bond acceptors (Lipinski definition) is 7. The third-order valence-corrected chi connectivity index (χ3v) is 6.97. The minimum Gasteiger partial charge on any atom is -0.491 e. The van der Waals surface area contributed by atoms with Crippen LogP contribution in [-0.2, 0) is 16.4 Å². The molecule has 3 aromatic carbocycles. The number of aromatic nitrogens is 2. The number of benzene rings is 3. The Hall–Kier alpha value is -4.24. The second-order valence-corrected chi connectivity index (χ2v) is 10.5. The number of carbonyl (C=O) groups excluding carboxylic acids is 1. The lowest BCUT2D eigenvalue weighted by Crippen LogP contribution is -2.32. The van der Waals surface area contributed by atoms with E-state index < -0.39 is 9.84 Å². The fraction of sp³-hybridized carbons (Fsp3) is 0.148. The van der Waals surface area contributed by atoms with Crippen molar-refractivity contribution in [3.8, 4) is 17.0 Å². The van der Waals surface area contributed by atoms with Crippen molar-refractivity contribution >= 4 is 27.4 Å². The van der Waals surface area contributed by atoms with E-state index in [1.54, 1.807) is 23.2 Å². The van der Waals surface area contributed by atoms with Gasteiger partial charge in [0.15, 0.2) is 9.84 Å². The minimum absolute atomic E-state index is 0.180. The molecule has 2 heterocycles. The van der Waals surface area contributed by atoms with Crippen molar-refractivity contribution in [3.05, 3.63) is 96.2 Å². The van der Waals surface area contributed by atoms with Crippen LogP contribution in [0.2, 0.25) is 0 Å². The average Bonchev–Trinajstić information content (AvgIpc) is 3.11. The fourth-order valence-corrected chi connectivity index (χ4v) is 4.62. The van der Waals surface area contributed by atoms with Crippen LogP contribution in [0.3, 0.4) is 0 Å². The molecule has 0 bridgehead atoms. The highest BCUT2D eigenvalue weighted by molar-refractivity contribution is 7.90. The van der Waals surface area contributed by atoms with Gasteiger partial charge in [-0.2, -0.15) is 0 Å². The van der Waals surface area contributed by atoms with Crippen molar-refractivity contribution < 1.29 is 17.9 Å². The number of sulfone groups is 1. The lowest BCUT2D eigenvalue weighted by molar-refractivity contribution is 0.0733. The third-order valence-electron chi connectivity index (χ3n) is 5.84. The Morgan fingerprint density at radius 3 is 2.53 bits per heavy atom. The lowest BCUT2D eigenvalue weighted by Gasteiger charge is -2.20. The van der Waals surface area contributed by atoms with Crippen molar-refractivity contribution in [1.82, 2.24) is 14.9 Å². The summed E-state index contributed by atoms with van der Waals surface area (Å²) in [6, 6.07) is 23.3. The van der Waals surface area contributed by atoms with Gasteiger partial charge in [0.2, 0.25) is 5.95 Å². The maximum atomic E-state index is 13.2. The summed E-state index contributed by atoms with van der Waals surface area (Å²) < 4.78 is 29.4. The van der Waals surface area contributed by atoms with Crippen molar-refractivity contribution in [1.29, 1.82) is 0 Å². The number of fused-ring (bicyclic) bond motifs is 1. The molecule has 1 aliphatic rings. The molecule has 36 heavy (non-hydrogen) atoms. The second kappa shape index (κ2) is 9.79. The van der Waals surface area contributed by atoms with Crippen LogP contribution < -0.4 is 10.1 Å². The number of para-hydroxylation sites is 1. The number of ether oxygens (including phenoxy) is 1. The Balaban J connectivity index is 1.38. The molecule has 0 aliphatic carbocycles. The molecule has 0 atom stereocenters. The zero-order valence-electron chi connectivity index (χ0n) is 19.6. The first-order chi connectivity index (χ1) is 17.4. The molecule has 0 spiro atoms. The molecule has 0 saturated heterocycles. The van der Waals surface area contributed by atoms with Gasteiger partial charge in [0.05, 0.1) is 17.1 Å². The van der Waals surface area contributed by atoms with Crippen molar-refractivity contribution in [2.45, 2.75) is 11.4 Å². The molecule has 1 amide bonds. The van der Waals surface area contributed by atoms with Crippen molar-refractivity contribution in [3.63, 3.8) is 0 Å². The first kappa shape index (κ1) is 23.5. The van der Waals surface area contributed by atoms with Crippen LogP contribution >= 0.6 is 0 Å².